The van der Waals surface area contributed by atoms with E-state index in [4.69, 9.17) is 9.72 Å². The molecule has 1 saturated heterocycles. The summed E-state index contributed by atoms with van der Waals surface area (Å²) in [5.41, 5.74) is 3.39. The lowest BCUT2D eigenvalue weighted by Gasteiger charge is -2.32. The van der Waals surface area contributed by atoms with Crippen LogP contribution in [0.3, 0.4) is 0 Å². The maximum atomic E-state index is 12.6. The van der Waals surface area contributed by atoms with Crippen LogP contribution in [0.5, 0.6) is 0 Å². The lowest BCUT2D eigenvalue weighted by molar-refractivity contribution is -0.125. The Morgan fingerprint density at radius 3 is 2.60 bits per heavy atom. The zero-order valence-electron chi connectivity index (χ0n) is 17.6. The number of methoxy groups -OCH3 is 1. The van der Waals surface area contributed by atoms with E-state index in [1.807, 2.05) is 30.3 Å². The number of nitrogens with zero attached hydrogens (tertiary/aromatic N) is 3. The minimum atomic E-state index is 0.0776. The minimum absolute atomic E-state index is 0.0776. The fourth-order valence-electron chi connectivity index (χ4n) is 4.17. The number of hydrogen-bond donors (Lipinski definition) is 1. The van der Waals surface area contributed by atoms with Crippen LogP contribution in [0, 0.1) is 5.92 Å². The molecule has 2 heterocycles. The largest absolute Gasteiger partial charge is 0.383 e. The molecule has 158 valence electrons. The van der Waals surface area contributed by atoms with E-state index in [1.165, 1.54) is 5.56 Å². The first kappa shape index (κ1) is 20.4. The van der Waals surface area contributed by atoms with Crippen LogP contribution in [-0.2, 0) is 22.5 Å². The molecule has 1 fully saturated rings. The van der Waals surface area contributed by atoms with E-state index in [0.29, 0.717) is 13.2 Å². The molecule has 0 saturated carbocycles. The number of fused-ring (bicyclic) bond motifs is 1. The van der Waals surface area contributed by atoms with Crippen LogP contribution in [0.1, 0.15) is 18.4 Å². The number of amides is 1. The average molecular weight is 407 g/mol. The topological polar surface area (TPSA) is 59.4 Å². The highest BCUT2D eigenvalue weighted by Crippen LogP contribution is 2.27. The fraction of sp³-hybridized carbons (Fsp3) is 0.417. The second-order valence-electron chi connectivity index (χ2n) is 7.83. The van der Waals surface area contributed by atoms with Crippen LogP contribution < -0.4 is 10.2 Å². The normalized spacial score (nSPS) is 14.9. The van der Waals surface area contributed by atoms with Crippen LogP contribution in [0.15, 0.2) is 54.6 Å². The molecule has 6 heteroatoms. The third-order valence-electron chi connectivity index (χ3n) is 5.86. The number of para-hydroxylation sites is 2. The molecule has 0 spiro atoms. The minimum Gasteiger partial charge on any atom is -0.383 e. The highest BCUT2D eigenvalue weighted by molar-refractivity contribution is 5.80. The molecule has 1 aromatic heterocycles. The quantitative estimate of drug-likeness (QED) is 0.624. The van der Waals surface area contributed by atoms with Gasteiger partial charge in [0.25, 0.3) is 0 Å². The van der Waals surface area contributed by atoms with Gasteiger partial charge in [0.2, 0.25) is 11.9 Å². The highest BCUT2D eigenvalue weighted by Gasteiger charge is 2.27. The predicted molar refractivity (Wildman–Crippen MR) is 120 cm³/mol. The smallest absolute Gasteiger partial charge is 0.223 e. The zero-order valence-corrected chi connectivity index (χ0v) is 17.6. The third-order valence-corrected chi connectivity index (χ3v) is 5.86. The average Bonchev–Trinajstić information content (AvgIpc) is 3.17. The lowest BCUT2D eigenvalue weighted by Crippen LogP contribution is -2.42. The second kappa shape index (κ2) is 9.76. The first-order valence-electron chi connectivity index (χ1n) is 10.8. The molecule has 1 amide bonds. The van der Waals surface area contributed by atoms with E-state index in [-0.39, 0.29) is 11.8 Å². The number of piperidine rings is 1. The number of ether oxygens (including phenoxy) is 1. The molecule has 6 nitrogen and oxygen atoms in total. The van der Waals surface area contributed by atoms with Crippen LogP contribution in [0.25, 0.3) is 11.0 Å². The Hall–Kier alpha value is -2.86. The molecular formula is C24H30N4O2. The van der Waals surface area contributed by atoms with Crippen LogP contribution in [0.2, 0.25) is 0 Å². The molecule has 0 unspecified atom stereocenters. The fourth-order valence-corrected chi connectivity index (χ4v) is 4.17. The number of imidazole rings is 1. The van der Waals surface area contributed by atoms with Gasteiger partial charge in [-0.2, -0.15) is 0 Å². The van der Waals surface area contributed by atoms with Gasteiger partial charge < -0.3 is 19.5 Å². The van der Waals surface area contributed by atoms with Gasteiger partial charge in [0, 0.05) is 39.2 Å². The van der Waals surface area contributed by atoms with Crippen molar-refractivity contribution in [1.82, 2.24) is 14.9 Å². The number of benzene rings is 2. The summed E-state index contributed by atoms with van der Waals surface area (Å²) in [7, 11) is 1.72. The standard InChI is InChI=1S/C24H30N4O2/c1-30-18-17-28-22-10-6-5-9-21(22)26-24(28)27-15-12-20(13-16-27)23(29)25-14-11-19-7-3-2-4-8-19/h2-10,20H,11-18H2,1H3,(H,25,29). The number of aromatic nitrogens is 2. The Kier molecular flexibility index (Phi) is 6.64. The number of nitrogens with one attached hydrogen (secondary N) is 1. The molecular weight excluding hydrogens is 376 g/mol. The molecule has 30 heavy (non-hydrogen) atoms. The molecule has 0 radical (unpaired) electrons. The van der Waals surface area contributed by atoms with Crippen molar-refractivity contribution in [2.75, 3.05) is 38.3 Å². The molecule has 1 N–H and O–H groups in total. The van der Waals surface area contributed by atoms with Gasteiger partial charge in [0.05, 0.1) is 17.6 Å². The van der Waals surface area contributed by atoms with Gasteiger partial charge in [-0.05, 0) is 37.0 Å². The van der Waals surface area contributed by atoms with Gasteiger partial charge in [-0.25, -0.2) is 4.98 Å². The second-order valence-corrected chi connectivity index (χ2v) is 7.83. The summed E-state index contributed by atoms with van der Waals surface area (Å²) in [6, 6.07) is 18.5. The van der Waals surface area contributed by atoms with E-state index in [1.54, 1.807) is 7.11 Å². The Labute approximate surface area is 177 Å². The third kappa shape index (κ3) is 4.65. The monoisotopic (exact) mass is 406 g/mol. The summed E-state index contributed by atoms with van der Waals surface area (Å²) < 4.78 is 7.54. The summed E-state index contributed by atoms with van der Waals surface area (Å²) in [4.78, 5) is 19.8. The number of hydrogen-bond acceptors (Lipinski definition) is 4. The van der Waals surface area contributed by atoms with Crippen molar-refractivity contribution in [3.8, 4) is 0 Å². The number of anilines is 1. The maximum absolute atomic E-state index is 12.6. The summed E-state index contributed by atoms with van der Waals surface area (Å²) in [6.45, 7) is 3.79. The molecule has 1 aliphatic rings. The van der Waals surface area contributed by atoms with Gasteiger partial charge in [0.15, 0.2) is 0 Å². The Balaban J connectivity index is 1.34. The molecule has 0 atom stereocenters. The van der Waals surface area contributed by atoms with E-state index in [0.717, 1.165) is 55.9 Å². The molecule has 1 aliphatic heterocycles. The molecule has 0 bridgehead atoms. The van der Waals surface area contributed by atoms with Crippen molar-refractivity contribution in [3.05, 3.63) is 60.2 Å². The zero-order chi connectivity index (χ0) is 20.8. The van der Waals surface area contributed by atoms with Gasteiger partial charge in [0.1, 0.15) is 0 Å². The van der Waals surface area contributed by atoms with Gasteiger partial charge >= 0.3 is 0 Å². The first-order chi connectivity index (χ1) is 14.8. The van der Waals surface area contributed by atoms with Crippen molar-refractivity contribution >= 4 is 22.9 Å². The van der Waals surface area contributed by atoms with Crippen molar-refractivity contribution in [1.29, 1.82) is 0 Å². The van der Waals surface area contributed by atoms with Crippen molar-refractivity contribution in [3.63, 3.8) is 0 Å². The Morgan fingerprint density at radius 1 is 1.10 bits per heavy atom. The number of rotatable bonds is 8. The van der Waals surface area contributed by atoms with Crippen molar-refractivity contribution in [2.24, 2.45) is 5.92 Å². The van der Waals surface area contributed by atoms with E-state index >= 15 is 0 Å². The highest BCUT2D eigenvalue weighted by atomic mass is 16.5. The van der Waals surface area contributed by atoms with Gasteiger partial charge in [-0.15, -0.1) is 0 Å². The SMILES string of the molecule is COCCn1c(N2CCC(C(=O)NCCc3ccccc3)CC2)nc2ccccc21. The molecule has 2 aromatic carbocycles. The van der Waals surface area contributed by atoms with Crippen LogP contribution in [-0.4, -0.2) is 48.8 Å². The van der Waals surface area contributed by atoms with E-state index in [2.05, 4.69) is 39.0 Å². The van der Waals surface area contributed by atoms with Crippen LogP contribution >= 0.6 is 0 Å². The number of carbonyl (C=O) groups excluding carboxylic acids is 1. The lowest BCUT2D eigenvalue weighted by atomic mass is 9.96. The summed E-state index contributed by atoms with van der Waals surface area (Å²) in [6.07, 6.45) is 2.57. The Bertz CT molecular complexity index is 962. The Morgan fingerprint density at radius 2 is 1.83 bits per heavy atom. The molecule has 0 aliphatic carbocycles. The number of carbonyl (C=O) groups is 1. The van der Waals surface area contributed by atoms with E-state index in [9.17, 15) is 4.79 Å². The summed E-state index contributed by atoms with van der Waals surface area (Å²) in [5.74, 6) is 1.24. The van der Waals surface area contributed by atoms with Crippen molar-refractivity contribution in [2.45, 2.75) is 25.8 Å². The maximum Gasteiger partial charge on any atom is 0.223 e. The summed E-state index contributed by atoms with van der Waals surface area (Å²) in [5, 5.41) is 3.12. The van der Waals surface area contributed by atoms with E-state index < -0.39 is 0 Å². The van der Waals surface area contributed by atoms with Crippen molar-refractivity contribution < 1.29 is 9.53 Å². The summed E-state index contributed by atoms with van der Waals surface area (Å²) >= 11 is 0. The molecule has 4 rings (SSSR count). The predicted octanol–water partition coefficient (Wildman–Crippen LogP) is 3.26. The molecule has 3 aromatic rings. The van der Waals surface area contributed by atoms with Gasteiger partial charge in [-0.1, -0.05) is 42.5 Å². The first-order valence-corrected chi connectivity index (χ1v) is 10.8. The van der Waals surface area contributed by atoms with Crippen LogP contribution in [0.4, 0.5) is 5.95 Å². The van der Waals surface area contributed by atoms with Gasteiger partial charge in [-0.3, -0.25) is 4.79 Å².